The van der Waals surface area contributed by atoms with Crippen LogP contribution >= 0.6 is 0 Å². The maximum absolute atomic E-state index is 11.5. The predicted octanol–water partition coefficient (Wildman–Crippen LogP) is -0.212. The number of hydrogen-bond acceptors (Lipinski definition) is 4. The van der Waals surface area contributed by atoms with Crippen LogP contribution in [0.1, 0.15) is 6.42 Å². The second kappa shape index (κ2) is 5.25. The third-order valence-corrected chi connectivity index (χ3v) is 0.985. The highest BCUT2D eigenvalue weighted by molar-refractivity contribution is 5.89. The molecule has 0 N–H and O–H groups in total. The van der Waals surface area contributed by atoms with Gasteiger partial charge in [0.25, 0.3) is 0 Å². The topological polar surface area (TPSA) is 66.4 Å². The van der Waals surface area contributed by atoms with Gasteiger partial charge in [-0.1, -0.05) is 0 Å². The molecule has 14 heavy (non-hydrogen) atoms. The van der Waals surface area contributed by atoms with Gasteiger partial charge in [0.15, 0.2) is 0 Å². The van der Waals surface area contributed by atoms with Gasteiger partial charge in [0.05, 0.1) is 12.4 Å². The van der Waals surface area contributed by atoms with Gasteiger partial charge in [0.2, 0.25) is 0 Å². The average Bonchev–Trinajstić information content (AvgIpc) is 1.98. The van der Waals surface area contributed by atoms with Gasteiger partial charge in [-0.3, -0.25) is 0 Å². The van der Waals surface area contributed by atoms with Crippen LogP contribution in [0.3, 0.4) is 0 Å². The van der Waals surface area contributed by atoms with Crippen molar-refractivity contribution in [3.8, 4) is 0 Å². The Balaban J connectivity index is 3.71. The first kappa shape index (κ1) is 12.5. The summed E-state index contributed by atoms with van der Waals surface area (Å²) < 4.78 is 38.6. The van der Waals surface area contributed by atoms with Crippen molar-refractivity contribution in [1.29, 1.82) is 0 Å². The van der Waals surface area contributed by atoms with Gasteiger partial charge in [-0.15, -0.1) is 0 Å². The summed E-state index contributed by atoms with van der Waals surface area (Å²) in [4.78, 5) is 20.2. The molecule has 0 aliphatic heterocycles. The Kier molecular flexibility index (Phi) is 4.68. The second-order valence-electron chi connectivity index (χ2n) is 2.19. The summed E-state index contributed by atoms with van der Waals surface area (Å²) in [6, 6.07) is 0. The van der Waals surface area contributed by atoms with Crippen molar-refractivity contribution >= 4 is 11.9 Å². The highest BCUT2D eigenvalue weighted by Gasteiger charge is 2.27. The molecule has 0 aromatic heterocycles. The Morgan fingerprint density at radius 1 is 1.29 bits per heavy atom. The predicted molar refractivity (Wildman–Crippen MR) is 35.8 cm³/mol. The number of hydrogen-bond donors (Lipinski definition) is 0. The van der Waals surface area contributed by atoms with Crippen LogP contribution < -0.4 is 5.11 Å². The molecule has 0 heterocycles. The van der Waals surface area contributed by atoms with Crippen LogP contribution in [0.5, 0.6) is 0 Å². The third kappa shape index (κ3) is 8.57. The number of halogens is 3. The van der Waals surface area contributed by atoms with Crippen LogP contribution in [0.4, 0.5) is 13.2 Å². The SMILES string of the molecule is O=C([O-])/C=C\C(=O)OCCC(F)(F)F. The molecule has 0 saturated heterocycles. The van der Waals surface area contributed by atoms with Crippen LogP contribution in [-0.2, 0) is 14.3 Å². The summed E-state index contributed by atoms with van der Waals surface area (Å²) in [5.74, 6) is -2.78. The average molecular weight is 211 g/mol. The fraction of sp³-hybridized carbons (Fsp3) is 0.429. The molecule has 0 aromatic carbocycles. The highest BCUT2D eigenvalue weighted by atomic mass is 19.4. The van der Waals surface area contributed by atoms with Crippen LogP contribution in [0, 0.1) is 0 Å². The van der Waals surface area contributed by atoms with Crippen molar-refractivity contribution in [2.45, 2.75) is 12.6 Å². The van der Waals surface area contributed by atoms with Gasteiger partial charge >= 0.3 is 12.1 Å². The summed E-state index contributed by atoms with van der Waals surface area (Å²) >= 11 is 0. The third-order valence-electron chi connectivity index (χ3n) is 0.985. The molecule has 0 atom stereocenters. The standard InChI is InChI=1S/C7H7F3O4/c8-7(9,10)3-4-14-6(13)2-1-5(11)12/h1-2H,3-4H2,(H,11,12)/p-1/b2-1-. The Bertz CT molecular complexity index is 244. The maximum Gasteiger partial charge on any atom is 0.392 e. The Morgan fingerprint density at radius 2 is 1.86 bits per heavy atom. The van der Waals surface area contributed by atoms with Crippen LogP contribution in [0.2, 0.25) is 0 Å². The number of carbonyl (C=O) groups excluding carboxylic acids is 2. The Hall–Kier alpha value is -1.53. The van der Waals surface area contributed by atoms with E-state index in [1.54, 1.807) is 0 Å². The first-order valence-corrected chi connectivity index (χ1v) is 3.44. The van der Waals surface area contributed by atoms with Crippen LogP contribution in [0.15, 0.2) is 12.2 Å². The zero-order valence-corrected chi connectivity index (χ0v) is 6.84. The number of alkyl halides is 3. The summed E-state index contributed by atoms with van der Waals surface area (Å²) in [7, 11) is 0. The van der Waals surface area contributed by atoms with E-state index in [0.29, 0.717) is 12.2 Å². The largest absolute Gasteiger partial charge is 0.545 e. The fourth-order valence-electron chi connectivity index (χ4n) is 0.452. The zero-order valence-electron chi connectivity index (χ0n) is 6.84. The lowest BCUT2D eigenvalue weighted by molar-refractivity contribution is -0.297. The van der Waals surface area contributed by atoms with Gasteiger partial charge in [-0.2, -0.15) is 13.2 Å². The normalized spacial score (nSPS) is 11.6. The van der Waals surface area contributed by atoms with E-state index >= 15 is 0 Å². The number of carbonyl (C=O) groups is 2. The van der Waals surface area contributed by atoms with Crippen molar-refractivity contribution in [1.82, 2.24) is 0 Å². The van der Waals surface area contributed by atoms with Gasteiger partial charge in [0, 0.05) is 6.08 Å². The van der Waals surface area contributed by atoms with E-state index in [2.05, 4.69) is 4.74 Å². The molecule has 4 nitrogen and oxygen atoms in total. The number of aliphatic carboxylic acids is 1. The molecule has 0 bridgehead atoms. The van der Waals surface area contributed by atoms with Crippen molar-refractivity contribution in [3.05, 3.63) is 12.2 Å². The second-order valence-corrected chi connectivity index (χ2v) is 2.19. The lowest BCUT2D eigenvalue weighted by Gasteiger charge is -2.05. The van der Waals surface area contributed by atoms with Gasteiger partial charge in [0.1, 0.15) is 6.61 Å². The van der Waals surface area contributed by atoms with Gasteiger partial charge in [-0.25, -0.2) is 4.79 Å². The van der Waals surface area contributed by atoms with Crippen molar-refractivity contribution < 1.29 is 32.6 Å². The molecule has 0 spiro atoms. The van der Waals surface area contributed by atoms with Crippen molar-refractivity contribution in [2.24, 2.45) is 0 Å². The molecule has 7 heteroatoms. The first-order chi connectivity index (χ1) is 6.31. The molecular weight excluding hydrogens is 205 g/mol. The quantitative estimate of drug-likeness (QED) is 0.476. The molecule has 0 amide bonds. The van der Waals surface area contributed by atoms with E-state index in [9.17, 15) is 27.9 Å². The summed E-state index contributed by atoms with van der Waals surface area (Å²) in [5.41, 5.74) is 0. The molecule has 0 aliphatic rings. The summed E-state index contributed by atoms with van der Waals surface area (Å²) in [5, 5.41) is 9.75. The van der Waals surface area contributed by atoms with Crippen molar-refractivity contribution in [2.75, 3.05) is 6.61 Å². The fourth-order valence-corrected chi connectivity index (χ4v) is 0.452. The monoisotopic (exact) mass is 211 g/mol. The number of rotatable bonds is 4. The van der Waals surface area contributed by atoms with E-state index in [0.717, 1.165) is 0 Å². The highest BCUT2D eigenvalue weighted by Crippen LogP contribution is 2.18. The van der Waals surface area contributed by atoms with E-state index in [1.165, 1.54) is 0 Å². The van der Waals surface area contributed by atoms with E-state index < -0.39 is 31.1 Å². The number of esters is 1. The Morgan fingerprint density at radius 3 is 2.29 bits per heavy atom. The zero-order chi connectivity index (χ0) is 11.2. The number of carboxylic acids is 1. The summed E-state index contributed by atoms with van der Waals surface area (Å²) in [6.07, 6.45) is -4.82. The molecular formula is C7H6F3O4-. The van der Waals surface area contributed by atoms with Crippen LogP contribution in [0.25, 0.3) is 0 Å². The first-order valence-electron chi connectivity index (χ1n) is 3.44. The molecule has 0 fully saturated rings. The van der Waals surface area contributed by atoms with Crippen molar-refractivity contribution in [3.63, 3.8) is 0 Å². The number of carboxylic acid groups (broad SMARTS) is 1. The van der Waals surface area contributed by atoms with E-state index in [1.807, 2.05) is 0 Å². The van der Waals surface area contributed by atoms with Crippen LogP contribution in [-0.4, -0.2) is 24.7 Å². The minimum atomic E-state index is -4.40. The summed E-state index contributed by atoms with van der Waals surface area (Å²) in [6.45, 7) is -0.834. The molecule has 0 radical (unpaired) electrons. The molecule has 0 aromatic rings. The van der Waals surface area contributed by atoms with E-state index in [4.69, 9.17) is 0 Å². The molecule has 0 unspecified atom stereocenters. The molecule has 80 valence electrons. The van der Waals surface area contributed by atoms with Gasteiger partial charge in [-0.05, 0) is 6.08 Å². The maximum atomic E-state index is 11.5. The number of ether oxygens (including phenoxy) is 1. The lowest BCUT2D eigenvalue weighted by Crippen LogP contribution is -2.19. The molecule has 0 rings (SSSR count). The lowest BCUT2D eigenvalue weighted by atomic mass is 10.4. The smallest absolute Gasteiger partial charge is 0.392 e. The van der Waals surface area contributed by atoms with Gasteiger partial charge < -0.3 is 14.6 Å². The Labute approximate surface area is 77.0 Å². The minimum Gasteiger partial charge on any atom is -0.545 e. The van der Waals surface area contributed by atoms with E-state index in [-0.39, 0.29) is 0 Å². The molecule has 0 aliphatic carbocycles. The minimum absolute atomic E-state index is 0.371. The molecule has 0 saturated carbocycles.